The van der Waals surface area contributed by atoms with Gasteiger partial charge in [-0.2, -0.15) is 0 Å². The van der Waals surface area contributed by atoms with Gasteiger partial charge in [-0.15, -0.1) is 22.7 Å². The predicted molar refractivity (Wildman–Crippen MR) is 252 cm³/mol. The Bertz CT molecular complexity index is 3800. The van der Waals surface area contributed by atoms with Crippen molar-refractivity contribution in [2.45, 2.75) is 26.2 Å². The van der Waals surface area contributed by atoms with Gasteiger partial charge in [-0.3, -0.25) is 0 Å². The lowest BCUT2D eigenvalue weighted by atomic mass is 9.44. The molecule has 2 aliphatic heterocycles. The van der Waals surface area contributed by atoms with E-state index in [2.05, 4.69) is 176 Å². The molecule has 6 heteroatoms. The van der Waals surface area contributed by atoms with Crippen LogP contribution < -0.4 is 15.7 Å². The molecule has 58 heavy (non-hydrogen) atoms. The van der Waals surface area contributed by atoms with Gasteiger partial charge in [0.25, 0.3) is 0 Å². The van der Waals surface area contributed by atoms with Crippen molar-refractivity contribution in [3.8, 4) is 16.8 Å². The Labute approximate surface area is 342 Å². The Kier molecular flexibility index (Phi) is 5.90. The molecule has 0 amide bonds. The highest BCUT2D eigenvalue weighted by atomic mass is 32.1. The van der Waals surface area contributed by atoms with Gasteiger partial charge in [0.1, 0.15) is 11.2 Å². The molecular formula is C52H33BN2OS2. The number of rotatable bonds is 1. The molecule has 12 aromatic rings. The summed E-state index contributed by atoms with van der Waals surface area (Å²) in [5, 5.41) is 10.1. The molecule has 6 heterocycles. The lowest BCUT2D eigenvalue weighted by molar-refractivity contribution is 0.590. The Morgan fingerprint density at radius 1 is 0.517 bits per heavy atom. The van der Waals surface area contributed by atoms with Gasteiger partial charge in [-0.1, -0.05) is 99.6 Å². The van der Waals surface area contributed by atoms with Crippen LogP contribution in [0.15, 0.2) is 150 Å². The van der Waals surface area contributed by atoms with Crippen LogP contribution in [0, 0.1) is 0 Å². The van der Waals surface area contributed by atoms with E-state index < -0.39 is 0 Å². The third kappa shape index (κ3) is 3.95. The van der Waals surface area contributed by atoms with E-state index >= 15 is 0 Å². The highest BCUT2D eigenvalue weighted by Gasteiger charge is 2.44. The van der Waals surface area contributed by atoms with Crippen molar-refractivity contribution in [1.29, 1.82) is 0 Å². The summed E-state index contributed by atoms with van der Waals surface area (Å²) in [6.07, 6.45) is 0. The van der Waals surface area contributed by atoms with Crippen LogP contribution in [0.4, 0.5) is 11.4 Å². The van der Waals surface area contributed by atoms with E-state index in [1.54, 1.807) is 0 Å². The largest absolute Gasteiger partial charge is 0.456 e. The van der Waals surface area contributed by atoms with Crippen molar-refractivity contribution in [3.05, 3.63) is 151 Å². The van der Waals surface area contributed by atoms with E-state index in [4.69, 9.17) is 4.42 Å². The quantitative estimate of drug-likeness (QED) is 0.155. The van der Waals surface area contributed by atoms with Crippen molar-refractivity contribution in [3.63, 3.8) is 0 Å². The molecule has 272 valence electrons. The van der Waals surface area contributed by atoms with Gasteiger partial charge in [0.15, 0.2) is 0 Å². The molecule has 2 aliphatic rings. The molecule has 3 nitrogen and oxygen atoms in total. The molecule has 0 unspecified atom stereocenters. The highest BCUT2D eigenvalue weighted by Crippen LogP contribution is 2.50. The van der Waals surface area contributed by atoms with Gasteiger partial charge in [-0.25, -0.2) is 0 Å². The molecule has 8 aromatic carbocycles. The van der Waals surface area contributed by atoms with Crippen molar-refractivity contribution in [1.82, 2.24) is 4.57 Å². The molecule has 0 saturated heterocycles. The van der Waals surface area contributed by atoms with E-state index in [9.17, 15) is 0 Å². The monoisotopic (exact) mass is 776 g/mol. The number of furan rings is 1. The Morgan fingerprint density at radius 2 is 1.19 bits per heavy atom. The fourth-order valence-corrected chi connectivity index (χ4v) is 12.8. The van der Waals surface area contributed by atoms with Gasteiger partial charge < -0.3 is 13.8 Å². The molecule has 4 aromatic heterocycles. The molecule has 0 spiro atoms. The lowest BCUT2D eigenvalue weighted by Gasteiger charge is -2.42. The number of anilines is 2. The molecule has 0 aliphatic carbocycles. The first-order valence-electron chi connectivity index (χ1n) is 20.1. The van der Waals surface area contributed by atoms with Gasteiger partial charge in [0.05, 0.1) is 11.0 Å². The lowest BCUT2D eigenvalue weighted by Crippen LogP contribution is -2.60. The zero-order chi connectivity index (χ0) is 38.2. The van der Waals surface area contributed by atoms with Crippen LogP contribution in [0.2, 0.25) is 0 Å². The summed E-state index contributed by atoms with van der Waals surface area (Å²) in [6.45, 7) is 6.84. The number of hydrogen-bond acceptors (Lipinski definition) is 4. The van der Waals surface area contributed by atoms with Gasteiger partial charge in [0, 0.05) is 84.5 Å². The first kappa shape index (κ1) is 31.7. The summed E-state index contributed by atoms with van der Waals surface area (Å²) < 4.78 is 14.4. The number of fused-ring (bicyclic) bond motifs is 18. The van der Waals surface area contributed by atoms with E-state index in [0.29, 0.717) is 0 Å². The van der Waals surface area contributed by atoms with Crippen molar-refractivity contribution < 1.29 is 4.42 Å². The zero-order valence-corrected chi connectivity index (χ0v) is 33.7. The maximum atomic E-state index is 6.55. The number of hydrogen-bond donors (Lipinski definition) is 0. The number of aromatic nitrogens is 1. The Hall–Kier alpha value is -6.34. The van der Waals surface area contributed by atoms with Crippen LogP contribution in [-0.4, -0.2) is 11.4 Å². The fourth-order valence-electron chi connectivity index (χ4n) is 10.5. The maximum Gasteiger partial charge on any atom is 0.333 e. The topological polar surface area (TPSA) is 21.3 Å². The van der Waals surface area contributed by atoms with E-state index in [1.807, 2.05) is 22.7 Å². The molecule has 0 N–H and O–H groups in total. The minimum absolute atomic E-state index is 0.0482. The van der Waals surface area contributed by atoms with Crippen LogP contribution in [0.1, 0.15) is 26.3 Å². The predicted octanol–water partition coefficient (Wildman–Crippen LogP) is 14.0. The average Bonchev–Trinajstić information content (AvgIpc) is 4.00. The Balaban J connectivity index is 1.19. The number of para-hydroxylation sites is 1. The van der Waals surface area contributed by atoms with Gasteiger partial charge in [-0.05, 0) is 94.2 Å². The van der Waals surface area contributed by atoms with Crippen LogP contribution in [0.5, 0.6) is 0 Å². The van der Waals surface area contributed by atoms with Crippen LogP contribution in [-0.2, 0) is 5.41 Å². The van der Waals surface area contributed by atoms with Crippen molar-refractivity contribution in [2.75, 3.05) is 4.81 Å². The third-order valence-electron chi connectivity index (χ3n) is 13.1. The smallest absolute Gasteiger partial charge is 0.333 e. The zero-order valence-electron chi connectivity index (χ0n) is 32.1. The van der Waals surface area contributed by atoms with Gasteiger partial charge >= 0.3 is 6.85 Å². The molecular weight excluding hydrogens is 744 g/mol. The average molecular weight is 777 g/mol. The SMILES string of the molecule is CC(C)(C)c1ccc(N2B3c4cc5sc6ccccc6c5cc4-n4c5ccc6oc7ccccc7c6c5c5ccc(c3c54)-c3cc4sc5ccccc5c4cc32)cc1. The van der Waals surface area contributed by atoms with Gasteiger partial charge in [0.2, 0.25) is 0 Å². The molecule has 0 bridgehead atoms. The minimum Gasteiger partial charge on any atom is -0.456 e. The second-order valence-electron chi connectivity index (χ2n) is 17.2. The standard InChI is InChI=1S/C52H33BN2OS2/c1-52(2,3)28-16-18-29(19-17-28)55-40-24-36-30-10-5-8-14-44(30)57-46(36)26-35(40)32-20-21-34-48-39(22-23-43-49(48)33-12-4-7-13-42(33)56-43)54-41-25-37-31-11-6-9-15-45(31)58-47(37)27-38(41)53(55)50(32)51(34)54/h4-27H,1-3H3. The summed E-state index contributed by atoms with van der Waals surface area (Å²) in [7, 11) is 0. The normalized spacial score (nSPS) is 13.7. The van der Waals surface area contributed by atoms with Crippen molar-refractivity contribution >= 4 is 136 Å². The molecule has 0 atom stereocenters. The maximum absolute atomic E-state index is 6.55. The first-order valence-corrected chi connectivity index (χ1v) is 21.7. The van der Waals surface area contributed by atoms with E-state index in [-0.39, 0.29) is 12.3 Å². The van der Waals surface area contributed by atoms with Crippen LogP contribution in [0.25, 0.3) is 101 Å². The second-order valence-corrected chi connectivity index (χ2v) is 19.4. The summed E-state index contributed by atoms with van der Waals surface area (Å²) in [4.78, 5) is 2.68. The number of thiophene rings is 2. The van der Waals surface area contributed by atoms with E-state index in [0.717, 1.165) is 16.6 Å². The van der Waals surface area contributed by atoms with E-state index in [1.165, 1.54) is 112 Å². The minimum atomic E-state index is -0.0629. The third-order valence-corrected chi connectivity index (χ3v) is 15.4. The second kappa shape index (κ2) is 10.8. The number of benzene rings is 8. The molecule has 0 radical (unpaired) electrons. The summed E-state index contributed by atoms with van der Waals surface area (Å²) in [5.74, 6) is 0. The molecule has 0 saturated carbocycles. The van der Waals surface area contributed by atoms with Crippen LogP contribution in [0.3, 0.4) is 0 Å². The van der Waals surface area contributed by atoms with Crippen LogP contribution >= 0.6 is 22.7 Å². The summed E-state index contributed by atoms with van der Waals surface area (Å²) in [6, 6.07) is 55.1. The summed E-state index contributed by atoms with van der Waals surface area (Å²) in [5.41, 5.74) is 14.8. The highest BCUT2D eigenvalue weighted by molar-refractivity contribution is 7.26. The first-order chi connectivity index (χ1) is 28.4. The molecule has 0 fully saturated rings. The van der Waals surface area contributed by atoms with Crippen molar-refractivity contribution in [2.24, 2.45) is 0 Å². The summed E-state index contributed by atoms with van der Waals surface area (Å²) >= 11 is 3.81. The Morgan fingerprint density at radius 3 is 1.93 bits per heavy atom. The number of nitrogens with zero attached hydrogens (tertiary/aromatic N) is 2. The molecule has 14 rings (SSSR count). The fraction of sp³-hybridized carbons (Fsp3) is 0.0769.